The van der Waals surface area contributed by atoms with E-state index in [0.717, 1.165) is 11.3 Å². The number of ether oxygens (including phenoxy) is 1. The highest BCUT2D eigenvalue weighted by Crippen LogP contribution is 2.20. The summed E-state index contributed by atoms with van der Waals surface area (Å²) >= 11 is 1.25. The maximum Gasteiger partial charge on any atom is 0.331 e. The summed E-state index contributed by atoms with van der Waals surface area (Å²) in [6.45, 7) is 4.87. The fourth-order valence-corrected chi connectivity index (χ4v) is 2.13. The van der Waals surface area contributed by atoms with Gasteiger partial charge in [-0.25, -0.2) is 9.78 Å². The van der Waals surface area contributed by atoms with Crippen LogP contribution in [0, 0.1) is 18.3 Å². The molecule has 1 aromatic rings. The molecule has 0 aliphatic heterocycles. The average Bonchev–Trinajstić information content (AvgIpc) is 2.73. The lowest BCUT2D eigenvalue weighted by Crippen LogP contribution is -2.19. The van der Waals surface area contributed by atoms with Crippen LogP contribution in [0.25, 0.3) is 0 Å². The molecule has 0 N–H and O–H groups in total. The second kappa shape index (κ2) is 6.81. The third kappa shape index (κ3) is 4.64. The number of aryl methyl sites for hydroxylation is 1. The third-order valence-electron chi connectivity index (χ3n) is 2.10. The molecule has 100 valence electrons. The number of carbonyl (C=O) groups is 2. The van der Waals surface area contributed by atoms with Crippen LogP contribution in [0.1, 0.15) is 30.5 Å². The van der Waals surface area contributed by atoms with E-state index >= 15 is 0 Å². The van der Waals surface area contributed by atoms with Crippen molar-refractivity contribution in [3.63, 3.8) is 0 Å². The summed E-state index contributed by atoms with van der Waals surface area (Å²) in [4.78, 5) is 27.2. The number of hydrogen-bond donors (Lipinski definition) is 0. The van der Waals surface area contributed by atoms with Gasteiger partial charge in [0.15, 0.2) is 18.3 Å². The van der Waals surface area contributed by atoms with Gasteiger partial charge >= 0.3 is 5.97 Å². The summed E-state index contributed by atoms with van der Waals surface area (Å²) in [5.41, 5.74) is 1.54. The lowest BCUT2D eigenvalue weighted by atomic mass is 10.1. The van der Waals surface area contributed by atoms with Crippen LogP contribution in [0.15, 0.2) is 17.0 Å². The Morgan fingerprint density at radius 2 is 2.26 bits per heavy atom. The molecule has 0 aliphatic rings. The van der Waals surface area contributed by atoms with E-state index in [1.54, 1.807) is 26.2 Å². The van der Waals surface area contributed by atoms with Gasteiger partial charge in [0.25, 0.3) is 0 Å². The molecule has 5 nitrogen and oxygen atoms in total. The Bertz CT molecular complexity index is 550. The molecular weight excluding hydrogens is 264 g/mol. The SMILES string of the molecule is CC(C)=CC(=O)OCC(=O)[C@@H](C#N)c1nc(C)cs1. The van der Waals surface area contributed by atoms with E-state index in [0.29, 0.717) is 5.01 Å². The third-order valence-corrected chi connectivity index (χ3v) is 3.13. The van der Waals surface area contributed by atoms with E-state index in [-0.39, 0.29) is 0 Å². The van der Waals surface area contributed by atoms with Gasteiger partial charge in [0.2, 0.25) is 0 Å². The number of carbonyl (C=O) groups excluding carboxylic acids is 2. The van der Waals surface area contributed by atoms with Crippen molar-refractivity contribution in [2.75, 3.05) is 6.61 Å². The summed E-state index contributed by atoms with van der Waals surface area (Å²) in [6.07, 6.45) is 1.29. The van der Waals surface area contributed by atoms with E-state index in [9.17, 15) is 9.59 Å². The Hall–Kier alpha value is -2.00. The molecule has 0 spiro atoms. The predicted octanol–water partition coefficient (Wildman–Crippen LogP) is 2.14. The standard InChI is InChI=1S/C13H14N2O3S/c1-8(2)4-12(17)18-6-11(16)10(5-14)13-15-9(3)7-19-13/h4,7,10H,6H2,1-3H3/t10-/m1/s1. The smallest absolute Gasteiger partial charge is 0.331 e. The van der Waals surface area contributed by atoms with Gasteiger partial charge in [-0.15, -0.1) is 11.3 Å². The van der Waals surface area contributed by atoms with Crippen LogP contribution >= 0.6 is 11.3 Å². The number of ketones is 1. The minimum Gasteiger partial charge on any atom is -0.454 e. The van der Waals surface area contributed by atoms with Gasteiger partial charge in [-0.2, -0.15) is 5.26 Å². The Labute approximate surface area is 115 Å². The van der Waals surface area contributed by atoms with Gasteiger partial charge in [0.05, 0.1) is 6.07 Å². The molecule has 0 fully saturated rings. The highest BCUT2D eigenvalue weighted by molar-refractivity contribution is 7.09. The zero-order valence-electron chi connectivity index (χ0n) is 11.0. The maximum atomic E-state index is 11.8. The molecular formula is C13H14N2O3S. The normalized spacial score (nSPS) is 11.3. The Morgan fingerprint density at radius 1 is 1.58 bits per heavy atom. The molecule has 0 amide bonds. The number of nitrogens with zero attached hydrogens (tertiary/aromatic N) is 2. The van der Waals surface area contributed by atoms with Crippen LogP contribution < -0.4 is 0 Å². The summed E-state index contributed by atoms with van der Waals surface area (Å²) in [5, 5.41) is 11.2. The highest BCUT2D eigenvalue weighted by Gasteiger charge is 2.24. The van der Waals surface area contributed by atoms with Crippen LogP contribution in [-0.2, 0) is 14.3 Å². The molecule has 1 rings (SSSR count). The first-order valence-corrected chi connectivity index (χ1v) is 6.48. The second-order valence-electron chi connectivity index (χ2n) is 4.18. The molecule has 0 aliphatic carbocycles. The van der Waals surface area contributed by atoms with E-state index < -0.39 is 24.3 Å². The van der Waals surface area contributed by atoms with E-state index in [1.807, 2.05) is 6.07 Å². The summed E-state index contributed by atoms with van der Waals surface area (Å²) in [6, 6.07) is 1.89. The molecule has 0 saturated carbocycles. The molecule has 0 bridgehead atoms. The van der Waals surface area contributed by atoms with Crippen LogP contribution in [0.5, 0.6) is 0 Å². The predicted molar refractivity (Wildman–Crippen MR) is 70.6 cm³/mol. The van der Waals surface area contributed by atoms with Crippen molar-refractivity contribution in [3.05, 3.63) is 27.7 Å². The first kappa shape index (κ1) is 15.1. The number of rotatable bonds is 5. The zero-order valence-corrected chi connectivity index (χ0v) is 11.8. The van der Waals surface area contributed by atoms with Crippen LogP contribution in [-0.4, -0.2) is 23.3 Å². The first-order chi connectivity index (χ1) is 8.93. The molecule has 19 heavy (non-hydrogen) atoms. The second-order valence-corrected chi connectivity index (χ2v) is 5.07. The van der Waals surface area contributed by atoms with Crippen molar-refractivity contribution in [2.24, 2.45) is 0 Å². The van der Waals surface area contributed by atoms with Gasteiger partial charge in [-0.05, 0) is 20.8 Å². The van der Waals surface area contributed by atoms with E-state index in [4.69, 9.17) is 10.00 Å². The molecule has 0 saturated heterocycles. The minimum atomic E-state index is -0.974. The maximum absolute atomic E-state index is 11.8. The van der Waals surface area contributed by atoms with E-state index in [1.165, 1.54) is 17.4 Å². The number of nitriles is 1. The number of Topliss-reactive ketones (excluding diaryl/α,β-unsaturated/α-hetero) is 1. The van der Waals surface area contributed by atoms with E-state index in [2.05, 4.69) is 4.98 Å². The van der Waals surface area contributed by atoms with Crippen molar-refractivity contribution >= 4 is 23.1 Å². The van der Waals surface area contributed by atoms with Gasteiger partial charge in [-0.1, -0.05) is 5.57 Å². The molecule has 6 heteroatoms. The number of hydrogen-bond acceptors (Lipinski definition) is 6. The molecule has 1 heterocycles. The summed E-state index contributed by atoms with van der Waals surface area (Å²) in [5.74, 6) is -2.02. The van der Waals surface area contributed by atoms with Crippen LogP contribution in [0.4, 0.5) is 0 Å². The number of aromatic nitrogens is 1. The molecule has 0 unspecified atom stereocenters. The molecule has 0 aromatic carbocycles. The average molecular weight is 278 g/mol. The summed E-state index contributed by atoms with van der Waals surface area (Å²) in [7, 11) is 0. The monoisotopic (exact) mass is 278 g/mol. The molecule has 0 radical (unpaired) electrons. The number of thiazole rings is 1. The molecule has 1 aromatic heterocycles. The lowest BCUT2D eigenvalue weighted by molar-refractivity contribution is -0.143. The quantitative estimate of drug-likeness (QED) is 0.609. The van der Waals surface area contributed by atoms with Gasteiger partial charge in [0, 0.05) is 17.2 Å². The Balaban J connectivity index is 2.64. The van der Waals surface area contributed by atoms with Crippen molar-refractivity contribution in [2.45, 2.75) is 26.7 Å². The van der Waals surface area contributed by atoms with Gasteiger partial charge < -0.3 is 4.74 Å². The van der Waals surface area contributed by atoms with Crippen molar-refractivity contribution < 1.29 is 14.3 Å². The largest absolute Gasteiger partial charge is 0.454 e. The topological polar surface area (TPSA) is 80.0 Å². The van der Waals surface area contributed by atoms with Crippen molar-refractivity contribution in [1.29, 1.82) is 5.26 Å². The van der Waals surface area contributed by atoms with Crippen LogP contribution in [0.3, 0.4) is 0 Å². The van der Waals surface area contributed by atoms with Gasteiger partial charge in [-0.3, -0.25) is 4.79 Å². The minimum absolute atomic E-state index is 0.417. The van der Waals surface area contributed by atoms with Crippen LogP contribution in [0.2, 0.25) is 0 Å². The first-order valence-electron chi connectivity index (χ1n) is 5.60. The van der Waals surface area contributed by atoms with Gasteiger partial charge in [0.1, 0.15) is 5.01 Å². The fourth-order valence-electron chi connectivity index (χ4n) is 1.27. The number of esters is 1. The molecule has 1 atom stereocenters. The fraction of sp³-hybridized carbons (Fsp3) is 0.385. The Kier molecular flexibility index (Phi) is 5.39. The summed E-state index contributed by atoms with van der Waals surface area (Å²) < 4.78 is 4.79. The highest BCUT2D eigenvalue weighted by atomic mass is 32.1. The van der Waals surface area contributed by atoms with Crippen molar-refractivity contribution in [3.8, 4) is 6.07 Å². The lowest BCUT2D eigenvalue weighted by Gasteiger charge is -2.05. The number of allylic oxidation sites excluding steroid dienone is 1. The Morgan fingerprint density at radius 3 is 2.74 bits per heavy atom. The zero-order chi connectivity index (χ0) is 14.4. The van der Waals surface area contributed by atoms with Crippen molar-refractivity contribution in [1.82, 2.24) is 4.98 Å².